The zero-order valence-electron chi connectivity index (χ0n) is 9.99. The molecule has 0 aliphatic heterocycles. The molecule has 0 saturated heterocycles. The van der Waals surface area contributed by atoms with Crippen LogP contribution in [0.4, 0.5) is 0 Å². The summed E-state index contributed by atoms with van der Waals surface area (Å²) in [6.07, 6.45) is 1.13. The second kappa shape index (κ2) is 5.51. The van der Waals surface area contributed by atoms with Crippen LogP contribution >= 0.6 is 0 Å². The van der Waals surface area contributed by atoms with Gasteiger partial charge >= 0.3 is 0 Å². The molecule has 16 heavy (non-hydrogen) atoms. The first-order valence-corrected chi connectivity index (χ1v) is 5.19. The zero-order chi connectivity index (χ0) is 12.1. The number of ether oxygens (including phenoxy) is 1. The normalized spacial score (nSPS) is 10.0. The van der Waals surface area contributed by atoms with Gasteiger partial charge < -0.3 is 4.74 Å². The molecule has 4 nitrogen and oxygen atoms in total. The summed E-state index contributed by atoms with van der Waals surface area (Å²) in [5.74, 6) is 6.14. The second-order valence-corrected chi connectivity index (χ2v) is 3.81. The van der Waals surface area contributed by atoms with Gasteiger partial charge in [-0.05, 0) is 30.5 Å². The molecule has 0 radical (unpaired) electrons. The van der Waals surface area contributed by atoms with E-state index in [-0.39, 0.29) is 5.91 Å². The first-order valence-electron chi connectivity index (χ1n) is 5.19. The largest absolute Gasteiger partial charge is 0.496 e. The van der Waals surface area contributed by atoms with Gasteiger partial charge in [-0.25, -0.2) is 5.84 Å². The Morgan fingerprint density at radius 3 is 2.69 bits per heavy atom. The highest BCUT2D eigenvalue weighted by atomic mass is 16.5. The van der Waals surface area contributed by atoms with E-state index < -0.39 is 0 Å². The average Bonchev–Trinajstić information content (AvgIpc) is 2.25. The van der Waals surface area contributed by atoms with E-state index in [1.165, 1.54) is 0 Å². The van der Waals surface area contributed by atoms with Crippen molar-refractivity contribution in [3.63, 3.8) is 0 Å². The lowest BCUT2D eigenvalue weighted by Crippen LogP contribution is -2.33. The molecule has 1 aromatic rings. The highest BCUT2D eigenvalue weighted by Gasteiger charge is 2.06. The minimum absolute atomic E-state index is 0.0616. The van der Waals surface area contributed by atoms with Gasteiger partial charge in [0.1, 0.15) is 5.75 Å². The molecule has 0 aliphatic carbocycles. The van der Waals surface area contributed by atoms with Gasteiger partial charge in [0.15, 0.2) is 0 Å². The molecule has 0 aromatic heterocycles. The summed E-state index contributed by atoms with van der Waals surface area (Å²) in [7, 11) is 3.20. The van der Waals surface area contributed by atoms with Crippen molar-refractivity contribution in [2.45, 2.75) is 19.8 Å². The van der Waals surface area contributed by atoms with Crippen LogP contribution in [0.1, 0.15) is 17.5 Å². The molecule has 0 atom stereocenters. The van der Waals surface area contributed by atoms with Gasteiger partial charge in [-0.15, -0.1) is 0 Å². The van der Waals surface area contributed by atoms with Crippen molar-refractivity contribution in [1.82, 2.24) is 5.01 Å². The molecule has 0 aliphatic rings. The number of carbonyl (C=O) groups excluding carboxylic acids is 1. The molecular formula is C12H18N2O2. The van der Waals surface area contributed by atoms with Crippen LogP contribution in [0.5, 0.6) is 5.75 Å². The predicted molar refractivity (Wildman–Crippen MR) is 63.0 cm³/mol. The summed E-state index contributed by atoms with van der Waals surface area (Å²) in [6.45, 7) is 1.99. The first-order chi connectivity index (χ1) is 7.54. The minimum Gasteiger partial charge on any atom is -0.496 e. The van der Waals surface area contributed by atoms with Crippen LogP contribution in [0, 0.1) is 6.92 Å². The third-order valence-corrected chi connectivity index (χ3v) is 2.48. The predicted octanol–water partition coefficient (Wildman–Crippen LogP) is 1.27. The van der Waals surface area contributed by atoms with Gasteiger partial charge in [0.05, 0.1) is 7.11 Å². The minimum atomic E-state index is -0.0616. The quantitative estimate of drug-likeness (QED) is 0.474. The van der Waals surface area contributed by atoms with E-state index >= 15 is 0 Å². The SMILES string of the molecule is COc1ccc(CCC(=O)N(C)N)cc1C. The van der Waals surface area contributed by atoms with Crippen LogP contribution in [-0.2, 0) is 11.2 Å². The molecule has 0 spiro atoms. The summed E-state index contributed by atoms with van der Waals surface area (Å²) < 4.78 is 5.17. The van der Waals surface area contributed by atoms with Crippen molar-refractivity contribution in [3.8, 4) is 5.75 Å². The number of methoxy groups -OCH3 is 1. The van der Waals surface area contributed by atoms with Crippen LogP contribution in [0.15, 0.2) is 18.2 Å². The monoisotopic (exact) mass is 222 g/mol. The highest BCUT2D eigenvalue weighted by Crippen LogP contribution is 2.19. The van der Waals surface area contributed by atoms with Crippen molar-refractivity contribution in [2.24, 2.45) is 5.84 Å². The van der Waals surface area contributed by atoms with Gasteiger partial charge in [0.2, 0.25) is 5.91 Å². The lowest BCUT2D eigenvalue weighted by atomic mass is 10.1. The molecule has 4 heteroatoms. The molecule has 1 amide bonds. The Morgan fingerprint density at radius 2 is 2.19 bits per heavy atom. The number of amides is 1. The summed E-state index contributed by atoms with van der Waals surface area (Å²) >= 11 is 0. The van der Waals surface area contributed by atoms with Gasteiger partial charge in [-0.1, -0.05) is 12.1 Å². The molecule has 1 aromatic carbocycles. The molecule has 1 rings (SSSR count). The number of nitrogens with zero attached hydrogens (tertiary/aromatic N) is 1. The summed E-state index contributed by atoms with van der Waals surface area (Å²) in [5, 5.41) is 1.12. The van der Waals surface area contributed by atoms with Gasteiger partial charge in [-0.3, -0.25) is 9.80 Å². The van der Waals surface area contributed by atoms with E-state index in [2.05, 4.69) is 0 Å². The van der Waals surface area contributed by atoms with Crippen molar-refractivity contribution in [1.29, 1.82) is 0 Å². The van der Waals surface area contributed by atoms with Crippen molar-refractivity contribution in [3.05, 3.63) is 29.3 Å². The highest BCUT2D eigenvalue weighted by molar-refractivity contribution is 5.75. The van der Waals surface area contributed by atoms with Gasteiger partial charge in [0, 0.05) is 13.5 Å². The molecule has 0 bridgehead atoms. The Kier molecular flexibility index (Phi) is 4.31. The number of nitrogens with two attached hydrogens (primary N) is 1. The Bertz CT molecular complexity index is 375. The number of aryl methyl sites for hydroxylation is 2. The molecule has 0 unspecified atom stereocenters. The molecule has 0 heterocycles. The van der Waals surface area contributed by atoms with Gasteiger partial charge in [0.25, 0.3) is 0 Å². The number of rotatable bonds is 4. The van der Waals surface area contributed by atoms with Crippen LogP contribution < -0.4 is 10.6 Å². The molecule has 2 N–H and O–H groups in total. The molecule has 0 fully saturated rings. The van der Waals surface area contributed by atoms with Crippen molar-refractivity contribution < 1.29 is 9.53 Å². The Balaban J connectivity index is 2.62. The third kappa shape index (κ3) is 3.24. The zero-order valence-corrected chi connectivity index (χ0v) is 9.99. The average molecular weight is 222 g/mol. The maximum absolute atomic E-state index is 11.3. The van der Waals surface area contributed by atoms with E-state index in [9.17, 15) is 4.79 Å². The first kappa shape index (κ1) is 12.5. The standard InChI is InChI=1S/C12H18N2O2/c1-9-8-10(4-6-11(9)16-3)5-7-12(15)14(2)13/h4,6,8H,5,7,13H2,1-3H3. The molecule has 0 saturated carbocycles. The molecule has 88 valence electrons. The number of benzene rings is 1. The number of hydrogen-bond donors (Lipinski definition) is 1. The van der Waals surface area contributed by atoms with E-state index in [1.807, 2.05) is 25.1 Å². The maximum Gasteiger partial charge on any atom is 0.236 e. The number of hydrazine groups is 1. The molecular weight excluding hydrogens is 204 g/mol. The van der Waals surface area contributed by atoms with E-state index in [4.69, 9.17) is 10.6 Å². The Labute approximate surface area is 96.0 Å². The topological polar surface area (TPSA) is 55.6 Å². The van der Waals surface area contributed by atoms with Gasteiger partial charge in [-0.2, -0.15) is 0 Å². The van der Waals surface area contributed by atoms with Crippen molar-refractivity contribution in [2.75, 3.05) is 14.2 Å². The van der Waals surface area contributed by atoms with Crippen molar-refractivity contribution >= 4 is 5.91 Å². The third-order valence-electron chi connectivity index (χ3n) is 2.48. The summed E-state index contributed by atoms with van der Waals surface area (Å²) in [4.78, 5) is 11.3. The lowest BCUT2D eigenvalue weighted by molar-refractivity contribution is -0.130. The Hall–Kier alpha value is -1.55. The van der Waals surface area contributed by atoms with Crippen LogP contribution in [0.25, 0.3) is 0 Å². The van der Waals surface area contributed by atoms with E-state index in [0.717, 1.165) is 21.9 Å². The summed E-state index contributed by atoms with van der Waals surface area (Å²) in [5.41, 5.74) is 2.20. The maximum atomic E-state index is 11.3. The van der Waals surface area contributed by atoms with Crippen LogP contribution in [0.3, 0.4) is 0 Å². The van der Waals surface area contributed by atoms with E-state index in [1.54, 1.807) is 14.2 Å². The van der Waals surface area contributed by atoms with Crippen LogP contribution in [-0.4, -0.2) is 25.1 Å². The number of carbonyl (C=O) groups is 1. The number of hydrogen-bond acceptors (Lipinski definition) is 3. The fourth-order valence-corrected chi connectivity index (χ4v) is 1.52. The Morgan fingerprint density at radius 1 is 1.50 bits per heavy atom. The second-order valence-electron chi connectivity index (χ2n) is 3.81. The fraction of sp³-hybridized carbons (Fsp3) is 0.417. The smallest absolute Gasteiger partial charge is 0.236 e. The lowest BCUT2D eigenvalue weighted by Gasteiger charge is -2.10. The fourth-order valence-electron chi connectivity index (χ4n) is 1.52. The summed E-state index contributed by atoms with van der Waals surface area (Å²) in [6, 6.07) is 5.92. The van der Waals surface area contributed by atoms with Crippen LogP contribution in [0.2, 0.25) is 0 Å². The van der Waals surface area contributed by atoms with E-state index in [0.29, 0.717) is 12.8 Å².